The van der Waals surface area contributed by atoms with Crippen LogP contribution in [-0.4, -0.2) is 32.6 Å². The number of rotatable bonds is 3. The predicted octanol–water partition coefficient (Wildman–Crippen LogP) is 4.89. The van der Waals surface area contributed by atoms with Crippen LogP contribution in [0, 0.1) is 6.92 Å². The number of hydrogen-bond acceptors (Lipinski definition) is 6. The quantitative estimate of drug-likeness (QED) is 0.347. The molecule has 158 valence electrons. The van der Waals surface area contributed by atoms with Crippen LogP contribution in [0.4, 0.5) is 0 Å². The van der Waals surface area contributed by atoms with Gasteiger partial charge in [0.05, 0.1) is 23.0 Å². The fourth-order valence-corrected chi connectivity index (χ4v) is 5.93. The van der Waals surface area contributed by atoms with Crippen LogP contribution >= 0.6 is 22.9 Å². The molecule has 2 aromatic heterocycles. The minimum Gasteiger partial charge on any atom is -0.411 e. The van der Waals surface area contributed by atoms with Gasteiger partial charge in [0.15, 0.2) is 0 Å². The summed E-state index contributed by atoms with van der Waals surface area (Å²) >= 11 is 8.48. The molecule has 0 atom stereocenters. The zero-order chi connectivity index (χ0) is 21.7. The van der Waals surface area contributed by atoms with Crippen LogP contribution < -0.4 is 0 Å². The normalized spacial score (nSPS) is 17.7. The van der Waals surface area contributed by atoms with E-state index in [1.807, 2.05) is 31.2 Å². The number of nitrogens with zero attached hydrogens (tertiary/aromatic N) is 3. The number of thiophene rings is 1. The molecule has 0 spiro atoms. The predicted molar refractivity (Wildman–Crippen MR) is 121 cm³/mol. The van der Waals surface area contributed by atoms with Gasteiger partial charge >= 0.3 is 0 Å². The first-order valence-corrected chi connectivity index (χ1v) is 11.4. The topological polar surface area (TPSA) is 82.9 Å². The van der Waals surface area contributed by atoms with Gasteiger partial charge in [-0.2, -0.15) is 0 Å². The molecular weight excluding hydrogens is 434 g/mol. The Kier molecular flexibility index (Phi) is 5.02. The molecule has 1 aromatic carbocycles. The number of aryl methyl sites for hydroxylation is 2. The van der Waals surface area contributed by atoms with E-state index in [2.05, 4.69) is 5.16 Å². The standard InChI is InChI=1S/C23H20ClN3O3S/c1-12-2-4-13(5-3-12)20-21-15-7-6-14(26-30)10-17(15)31-23(21)25-16(22(20)24)11-27-18(28)8-9-19(27)29/h2-5,30H,6-11H2,1H3/b26-14+. The lowest BCUT2D eigenvalue weighted by atomic mass is 9.91. The first-order chi connectivity index (χ1) is 15.0. The molecule has 1 saturated heterocycles. The van der Waals surface area contributed by atoms with Crippen molar-refractivity contribution in [3.05, 3.63) is 51.0 Å². The van der Waals surface area contributed by atoms with E-state index in [4.69, 9.17) is 16.6 Å². The highest BCUT2D eigenvalue weighted by molar-refractivity contribution is 7.19. The molecule has 5 rings (SSSR count). The van der Waals surface area contributed by atoms with Crippen LogP contribution in [0.25, 0.3) is 21.3 Å². The molecule has 1 aliphatic carbocycles. The Hall–Kier alpha value is -2.77. The van der Waals surface area contributed by atoms with E-state index >= 15 is 0 Å². The lowest BCUT2D eigenvalue weighted by Gasteiger charge is -2.18. The number of aromatic nitrogens is 1. The Labute approximate surface area is 188 Å². The number of carbonyl (C=O) groups excluding carboxylic acids is 2. The van der Waals surface area contributed by atoms with Crippen molar-refractivity contribution in [2.75, 3.05) is 0 Å². The Morgan fingerprint density at radius 1 is 1.13 bits per heavy atom. The third kappa shape index (κ3) is 3.42. The zero-order valence-corrected chi connectivity index (χ0v) is 18.5. The van der Waals surface area contributed by atoms with Crippen LogP contribution in [0.2, 0.25) is 5.02 Å². The van der Waals surface area contributed by atoms with Gasteiger partial charge in [-0.15, -0.1) is 11.3 Å². The third-order valence-corrected chi connectivity index (χ3v) is 7.54. The number of oxime groups is 1. The number of carbonyl (C=O) groups is 2. The fourth-order valence-electron chi connectivity index (χ4n) is 4.34. The van der Waals surface area contributed by atoms with Gasteiger partial charge in [0.25, 0.3) is 0 Å². The van der Waals surface area contributed by atoms with Crippen molar-refractivity contribution in [1.82, 2.24) is 9.88 Å². The summed E-state index contributed by atoms with van der Waals surface area (Å²) in [6.45, 7) is 2.11. The van der Waals surface area contributed by atoms with E-state index in [0.717, 1.165) is 43.9 Å². The summed E-state index contributed by atoms with van der Waals surface area (Å²) in [5, 5.41) is 14.2. The van der Waals surface area contributed by atoms with Crippen LogP contribution in [0.15, 0.2) is 29.4 Å². The minimum absolute atomic E-state index is 0.0806. The molecule has 1 fully saturated rings. The molecule has 2 aliphatic rings. The molecule has 2 amide bonds. The van der Waals surface area contributed by atoms with Crippen molar-refractivity contribution < 1.29 is 14.8 Å². The number of amides is 2. The van der Waals surface area contributed by atoms with Gasteiger partial charge in [-0.25, -0.2) is 4.98 Å². The average molecular weight is 454 g/mol. The van der Waals surface area contributed by atoms with Gasteiger partial charge in [-0.05, 0) is 30.9 Å². The van der Waals surface area contributed by atoms with E-state index in [-0.39, 0.29) is 31.2 Å². The smallest absolute Gasteiger partial charge is 0.230 e. The molecule has 1 aliphatic heterocycles. The van der Waals surface area contributed by atoms with Gasteiger partial charge in [0, 0.05) is 35.1 Å². The highest BCUT2D eigenvalue weighted by Gasteiger charge is 2.32. The van der Waals surface area contributed by atoms with Crippen molar-refractivity contribution in [2.45, 2.75) is 45.6 Å². The van der Waals surface area contributed by atoms with E-state index in [0.29, 0.717) is 23.6 Å². The van der Waals surface area contributed by atoms with Gasteiger partial charge in [-0.3, -0.25) is 14.5 Å². The second-order valence-electron chi connectivity index (χ2n) is 8.01. The highest BCUT2D eigenvalue weighted by Crippen LogP contribution is 2.44. The molecule has 3 aromatic rings. The number of halogens is 1. The lowest BCUT2D eigenvalue weighted by molar-refractivity contribution is -0.139. The largest absolute Gasteiger partial charge is 0.411 e. The first kappa shape index (κ1) is 20.2. The van der Waals surface area contributed by atoms with Gasteiger partial charge in [0.1, 0.15) is 4.83 Å². The molecule has 6 nitrogen and oxygen atoms in total. The Balaban J connectivity index is 1.73. The van der Waals surface area contributed by atoms with E-state index < -0.39 is 0 Å². The summed E-state index contributed by atoms with van der Waals surface area (Å²) in [7, 11) is 0. The van der Waals surface area contributed by atoms with Crippen molar-refractivity contribution in [3.63, 3.8) is 0 Å². The average Bonchev–Trinajstić information content (AvgIpc) is 3.28. The molecule has 3 heterocycles. The lowest BCUT2D eigenvalue weighted by Crippen LogP contribution is -2.29. The molecule has 0 bridgehead atoms. The van der Waals surface area contributed by atoms with Gasteiger partial charge < -0.3 is 5.21 Å². The van der Waals surface area contributed by atoms with Gasteiger partial charge in [-0.1, -0.05) is 46.6 Å². The van der Waals surface area contributed by atoms with Crippen LogP contribution in [0.3, 0.4) is 0 Å². The Morgan fingerprint density at radius 2 is 1.84 bits per heavy atom. The van der Waals surface area contributed by atoms with E-state index in [9.17, 15) is 14.8 Å². The number of benzene rings is 1. The SMILES string of the molecule is Cc1ccc(-c2c(Cl)c(CN3C(=O)CCC3=O)nc3sc4c(c23)CC/C(=N\O)C4)cc1. The summed E-state index contributed by atoms with van der Waals surface area (Å²) in [6.07, 6.45) is 2.52. The maximum Gasteiger partial charge on any atom is 0.230 e. The number of hydrogen-bond donors (Lipinski definition) is 1. The molecule has 31 heavy (non-hydrogen) atoms. The summed E-state index contributed by atoms with van der Waals surface area (Å²) < 4.78 is 0. The molecule has 0 radical (unpaired) electrons. The van der Waals surface area contributed by atoms with Crippen molar-refractivity contribution in [1.29, 1.82) is 0 Å². The maximum absolute atomic E-state index is 12.2. The number of pyridine rings is 1. The van der Waals surface area contributed by atoms with Crippen LogP contribution in [0.1, 0.15) is 41.0 Å². The summed E-state index contributed by atoms with van der Waals surface area (Å²) in [5.41, 5.74) is 5.50. The van der Waals surface area contributed by atoms with E-state index in [1.54, 1.807) is 11.3 Å². The van der Waals surface area contributed by atoms with Gasteiger partial charge in [0.2, 0.25) is 11.8 Å². The fraction of sp³-hybridized carbons (Fsp3) is 0.304. The minimum atomic E-state index is -0.186. The summed E-state index contributed by atoms with van der Waals surface area (Å²) in [5.74, 6) is -0.372. The van der Waals surface area contributed by atoms with Crippen molar-refractivity contribution >= 4 is 50.7 Å². The second kappa shape index (κ2) is 7.73. The summed E-state index contributed by atoms with van der Waals surface area (Å²) in [6, 6.07) is 8.17. The van der Waals surface area contributed by atoms with Crippen molar-refractivity contribution in [3.8, 4) is 11.1 Å². The molecule has 0 saturated carbocycles. The first-order valence-electron chi connectivity index (χ1n) is 10.2. The Bertz CT molecular complexity index is 1250. The Morgan fingerprint density at radius 3 is 2.52 bits per heavy atom. The number of fused-ring (bicyclic) bond motifs is 3. The molecule has 0 unspecified atom stereocenters. The molecular formula is C23H20ClN3O3S. The molecule has 8 heteroatoms. The van der Waals surface area contributed by atoms with Crippen LogP contribution in [-0.2, 0) is 29.0 Å². The van der Waals surface area contributed by atoms with E-state index in [1.165, 1.54) is 10.5 Å². The summed E-state index contributed by atoms with van der Waals surface area (Å²) in [4.78, 5) is 32.4. The highest BCUT2D eigenvalue weighted by atomic mass is 35.5. The third-order valence-electron chi connectivity index (χ3n) is 6.00. The number of imide groups is 1. The monoisotopic (exact) mass is 453 g/mol. The zero-order valence-electron chi connectivity index (χ0n) is 16.9. The van der Waals surface area contributed by atoms with Crippen LogP contribution in [0.5, 0.6) is 0 Å². The molecule has 1 N–H and O–H groups in total. The maximum atomic E-state index is 12.2. The van der Waals surface area contributed by atoms with Crippen molar-refractivity contribution in [2.24, 2.45) is 5.16 Å². The number of likely N-dealkylation sites (tertiary alicyclic amines) is 1. The second-order valence-corrected chi connectivity index (χ2v) is 9.48.